The summed E-state index contributed by atoms with van der Waals surface area (Å²) in [6.45, 7) is 8.69. The van der Waals surface area contributed by atoms with Crippen LogP contribution in [0, 0.1) is 12.3 Å². The highest BCUT2D eigenvalue weighted by Crippen LogP contribution is 2.40. The van der Waals surface area contributed by atoms with E-state index < -0.39 is 0 Å². The maximum absolute atomic E-state index is 5.61. The predicted octanol–water partition coefficient (Wildman–Crippen LogP) is 5.49. The van der Waals surface area contributed by atoms with Gasteiger partial charge in [0.25, 0.3) is 0 Å². The van der Waals surface area contributed by atoms with E-state index in [1.165, 1.54) is 5.56 Å². The molecule has 0 spiro atoms. The minimum Gasteiger partial charge on any atom is -0.496 e. The van der Waals surface area contributed by atoms with E-state index in [0.29, 0.717) is 0 Å². The van der Waals surface area contributed by atoms with Crippen molar-refractivity contribution in [2.75, 3.05) is 14.2 Å². The van der Waals surface area contributed by atoms with Crippen LogP contribution in [0.1, 0.15) is 37.5 Å². The number of hydrogen-bond donors (Lipinski definition) is 0. The van der Waals surface area contributed by atoms with Crippen molar-refractivity contribution in [3.8, 4) is 11.5 Å². The largest absolute Gasteiger partial charge is 0.496 e. The number of methoxy groups -OCH3 is 2. The topological polar surface area (TPSA) is 18.5 Å². The van der Waals surface area contributed by atoms with Gasteiger partial charge < -0.3 is 9.47 Å². The maximum Gasteiger partial charge on any atom is 0.130 e. The third-order valence-corrected chi connectivity index (χ3v) is 3.64. The van der Waals surface area contributed by atoms with Crippen LogP contribution in [0.2, 0.25) is 0 Å². The lowest BCUT2D eigenvalue weighted by atomic mass is 9.87. The van der Waals surface area contributed by atoms with E-state index in [4.69, 9.17) is 9.47 Å². The zero-order valence-corrected chi connectivity index (χ0v) is 14.9. The molecule has 0 heterocycles. The average Bonchev–Trinajstić information content (AvgIpc) is 2.52. The molecule has 0 unspecified atom stereocenters. The molecular weight excluding hydrogens is 284 g/mol. The SMILES string of the molecule is COc1cccc(OC)c1/C(=C\C(C)(C)C)c1ccc(C)cc1. The fraction of sp³-hybridized carbons (Fsp3) is 0.333. The summed E-state index contributed by atoms with van der Waals surface area (Å²) in [7, 11) is 3.39. The minimum absolute atomic E-state index is 0.0338. The normalized spacial score (nSPS) is 12.2. The molecule has 0 N–H and O–H groups in total. The van der Waals surface area contributed by atoms with E-state index in [1.54, 1.807) is 14.2 Å². The third-order valence-electron chi connectivity index (χ3n) is 3.64. The van der Waals surface area contributed by atoms with E-state index in [2.05, 4.69) is 58.0 Å². The van der Waals surface area contributed by atoms with E-state index in [-0.39, 0.29) is 5.41 Å². The Balaban J connectivity index is 2.74. The Kier molecular flexibility index (Phi) is 5.15. The van der Waals surface area contributed by atoms with Gasteiger partial charge in [0, 0.05) is 0 Å². The second kappa shape index (κ2) is 6.91. The Morgan fingerprint density at radius 2 is 1.39 bits per heavy atom. The monoisotopic (exact) mass is 310 g/mol. The summed E-state index contributed by atoms with van der Waals surface area (Å²) in [5, 5.41) is 0. The summed E-state index contributed by atoms with van der Waals surface area (Å²) < 4.78 is 11.2. The number of aryl methyl sites for hydroxylation is 1. The first-order valence-corrected chi connectivity index (χ1v) is 7.87. The lowest BCUT2D eigenvalue weighted by molar-refractivity contribution is 0.392. The van der Waals surface area contributed by atoms with Crippen LogP contribution in [0.25, 0.3) is 5.57 Å². The fourth-order valence-electron chi connectivity index (χ4n) is 2.58. The van der Waals surface area contributed by atoms with E-state index in [9.17, 15) is 0 Å². The summed E-state index contributed by atoms with van der Waals surface area (Å²) in [5.74, 6) is 1.64. The molecule has 122 valence electrons. The summed E-state index contributed by atoms with van der Waals surface area (Å²) in [5.41, 5.74) is 4.57. The van der Waals surface area contributed by atoms with Crippen molar-refractivity contribution in [2.24, 2.45) is 5.41 Å². The molecule has 0 radical (unpaired) electrons. The molecule has 0 aliphatic heterocycles. The standard InChI is InChI=1S/C21H26O2/c1-15-10-12-16(13-11-15)17(14-21(2,3)4)20-18(22-5)8-7-9-19(20)23-6/h7-14H,1-6H3/b17-14-. The van der Waals surface area contributed by atoms with Crippen molar-refractivity contribution in [3.05, 3.63) is 65.2 Å². The molecular formula is C21H26O2. The van der Waals surface area contributed by atoms with Crippen LogP contribution in [0.4, 0.5) is 0 Å². The molecule has 0 fully saturated rings. The highest BCUT2D eigenvalue weighted by molar-refractivity contribution is 5.86. The van der Waals surface area contributed by atoms with Crippen LogP contribution >= 0.6 is 0 Å². The van der Waals surface area contributed by atoms with Gasteiger partial charge in [-0.05, 0) is 35.6 Å². The molecule has 2 nitrogen and oxygen atoms in total. The molecule has 0 saturated carbocycles. The number of rotatable bonds is 4. The second-order valence-electron chi connectivity index (χ2n) is 6.83. The van der Waals surface area contributed by atoms with Crippen LogP contribution in [0.15, 0.2) is 48.5 Å². The Bertz CT molecular complexity index is 667. The molecule has 2 rings (SSSR count). The molecule has 0 aromatic heterocycles. The summed E-state index contributed by atoms with van der Waals surface area (Å²) in [6, 6.07) is 14.5. The van der Waals surface area contributed by atoms with Crippen LogP contribution < -0.4 is 9.47 Å². The zero-order chi connectivity index (χ0) is 17.0. The second-order valence-corrected chi connectivity index (χ2v) is 6.83. The summed E-state index contributed by atoms with van der Waals surface area (Å²) in [4.78, 5) is 0. The van der Waals surface area contributed by atoms with Crippen molar-refractivity contribution in [2.45, 2.75) is 27.7 Å². The first kappa shape index (κ1) is 17.1. The first-order chi connectivity index (χ1) is 10.9. The van der Waals surface area contributed by atoms with Gasteiger partial charge in [-0.2, -0.15) is 0 Å². The van der Waals surface area contributed by atoms with Gasteiger partial charge in [0.2, 0.25) is 0 Å². The molecule has 2 aromatic rings. The van der Waals surface area contributed by atoms with Crippen molar-refractivity contribution in [3.63, 3.8) is 0 Å². The number of ether oxygens (including phenoxy) is 2. The number of benzene rings is 2. The Hall–Kier alpha value is -2.22. The average molecular weight is 310 g/mol. The van der Waals surface area contributed by atoms with Crippen LogP contribution in [0.3, 0.4) is 0 Å². The highest BCUT2D eigenvalue weighted by atomic mass is 16.5. The molecule has 2 heteroatoms. The molecule has 0 saturated heterocycles. The summed E-state index contributed by atoms with van der Waals surface area (Å²) >= 11 is 0. The van der Waals surface area contributed by atoms with Gasteiger partial charge in [-0.15, -0.1) is 0 Å². The summed E-state index contributed by atoms with van der Waals surface area (Å²) in [6.07, 6.45) is 2.28. The molecule has 0 amide bonds. The van der Waals surface area contributed by atoms with E-state index in [1.807, 2.05) is 18.2 Å². The predicted molar refractivity (Wildman–Crippen MR) is 97.3 cm³/mol. The first-order valence-electron chi connectivity index (χ1n) is 7.87. The van der Waals surface area contributed by atoms with Crippen molar-refractivity contribution >= 4 is 5.57 Å². The van der Waals surface area contributed by atoms with Gasteiger partial charge in [-0.3, -0.25) is 0 Å². The van der Waals surface area contributed by atoms with Gasteiger partial charge in [-0.25, -0.2) is 0 Å². The lowest BCUT2D eigenvalue weighted by Gasteiger charge is -2.21. The number of allylic oxidation sites excluding steroid dienone is 1. The smallest absolute Gasteiger partial charge is 0.130 e. The Morgan fingerprint density at radius 3 is 1.83 bits per heavy atom. The van der Waals surface area contributed by atoms with Gasteiger partial charge in [0.15, 0.2) is 0 Å². The van der Waals surface area contributed by atoms with E-state index in [0.717, 1.165) is 28.2 Å². The van der Waals surface area contributed by atoms with E-state index >= 15 is 0 Å². The molecule has 23 heavy (non-hydrogen) atoms. The minimum atomic E-state index is 0.0338. The highest BCUT2D eigenvalue weighted by Gasteiger charge is 2.19. The molecule has 0 aliphatic carbocycles. The van der Waals surface area contributed by atoms with Crippen LogP contribution in [0.5, 0.6) is 11.5 Å². The third kappa shape index (κ3) is 4.16. The van der Waals surface area contributed by atoms with Crippen LogP contribution in [-0.4, -0.2) is 14.2 Å². The zero-order valence-electron chi connectivity index (χ0n) is 14.9. The van der Waals surface area contributed by atoms with Gasteiger partial charge in [-0.1, -0.05) is 62.7 Å². The van der Waals surface area contributed by atoms with Gasteiger partial charge in [0.1, 0.15) is 11.5 Å². The molecule has 0 aliphatic rings. The van der Waals surface area contributed by atoms with Crippen LogP contribution in [-0.2, 0) is 0 Å². The van der Waals surface area contributed by atoms with Crippen molar-refractivity contribution < 1.29 is 9.47 Å². The molecule has 2 aromatic carbocycles. The van der Waals surface area contributed by atoms with Crippen molar-refractivity contribution in [1.82, 2.24) is 0 Å². The molecule has 0 atom stereocenters. The fourth-order valence-corrected chi connectivity index (χ4v) is 2.58. The Labute approximate surface area is 139 Å². The maximum atomic E-state index is 5.61. The van der Waals surface area contributed by atoms with Crippen molar-refractivity contribution in [1.29, 1.82) is 0 Å². The quantitative estimate of drug-likeness (QED) is 0.743. The molecule has 0 bridgehead atoms. The number of hydrogen-bond acceptors (Lipinski definition) is 2. The van der Waals surface area contributed by atoms with Gasteiger partial charge in [0.05, 0.1) is 19.8 Å². The Morgan fingerprint density at radius 1 is 0.870 bits per heavy atom. The van der Waals surface area contributed by atoms with Gasteiger partial charge >= 0.3 is 0 Å². The lowest BCUT2D eigenvalue weighted by Crippen LogP contribution is -2.04.